The van der Waals surface area contributed by atoms with Gasteiger partial charge in [0.25, 0.3) is 0 Å². The molecule has 0 radical (unpaired) electrons. The molecule has 3 aliphatic heterocycles. The fourth-order valence-corrected chi connectivity index (χ4v) is 9.09. The van der Waals surface area contributed by atoms with Crippen LogP contribution in [-0.2, 0) is 17.5 Å². The first-order valence-electron chi connectivity index (χ1n) is 13.6. The Labute approximate surface area is 253 Å². The van der Waals surface area contributed by atoms with Gasteiger partial charge in [-0.25, -0.2) is 18.4 Å². The molecule has 44 heavy (non-hydrogen) atoms. The first-order chi connectivity index (χ1) is 20.9. The lowest BCUT2D eigenvalue weighted by Gasteiger charge is -2.40. The summed E-state index contributed by atoms with van der Waals surface area (Å²) in [6.45, 7) is 4.58. The molecule has 16 heteroatoms. The third-order valence-corrected chi connectivity index (χ3v) is 11.4. The Balaban J connectivity index is 1.56. The molecule has 9 nitrogen and oxygen atoms in total. The van der Waals surface area contributed by atoms with Gasteiger partial charge in [-0.3, -0.25) is 9.36 Å². The number of nitrogens with zero attached hydrogens (tertiary/aromatic N) is 4. The fraction of sp³-hybridized carbons (Fsp3) is 0.357. The minimum absolute atomic E-state index is 0.00122. The highest BCUT2D eigenvalue weighted by atomic mass is 32.2. The van der Waals surface area contributed by atoms with E-state index in [2.05, 4.69) is 21.5 Å². The van der Waals surface area contributed by atoms with Gasteiger partial charge in [0, 0.05) is 82.9 Å². The highest BCUT2D eigenvalue weighted by Crippen LogP contribution is 2.53. The van der Waals surface area contributed by atoms with Crippen LogP contribution in [-0.4, -0.2) is 73.8 Å². The molecule has 2 aromatic carbocycles. The van der Waals surface area contributed by atoms with E-state index in [1.807, 2.05) is 0 Å². The maximum absolute atomic E-state index is 15.7. The summed E-state index contributed by atoms with van der Waals surface area (Å²) in [4.78, 5) is 50.0. The SMILES string of the molecule is C=CC(=O)N1CCN(c2nc(=O)n3c4c(c(-c5c(F)cc(F)c6[nH]c(=O)[nH]c56)c(C(F)(F)F)cc24)SCC2(CSC2)C3)CC1. The monoisotopic (exact) mass is 650 g/mol. The number of hydrogen-bond donors (Lipinski definition) is 2. The fourth-order valence-electron chi connectivity index (χ4n) is 6.20. The second-order valence-electron chi connectivity index (χ2n) is 11.2. The summed E-state index contributed by atoms with van der Waals surface area (Å²) in [6, 6.07) is 1.31. The number of H-pyrrole nitrogens is 2. The van der Waals surface area contributed by atoms with E-state index in [-0.39, 0.29) is 60.2 Å². The molecule has 3 aliphatic rings. The number of benzene rings is 2. The number of carbonyl (C=O) groups excluding carboxylic acids is 1. The van der Waals surface area contributed by atoms with Gasteiger partial charge in [-0.15, -0.1) is 11.8 Å². The third-order valence-electron chi connectivity index (χ3n) is 8.36. The standard InChI is InChI=1S/C28H23F5N6O3S2/c1-2-17(40)37-3-5-38(6-4-37)24-13-7-14(28(31,32)33)18(19-15(29)8-16(30)20-21(19)35-25(41)34-20)23-22(13)39(26(42)36-24)9-27(12-44-23)10-43-11-27/h2,7-8H,1,3-6,9-12H2,(H2,34,35,41). The summed E-state index contributed by atoms with van der Waals surface area (Å²) < 4.78 is 76.9. The van der Waals surface area contributed by atoms with Crippen molar-refractivity contribution in [1.82, 2.24) is 24.4 Å². The zero-order valence-corrected chi connectivity index (χ0v) is 24.4. The van der Waals surface area contributed by atoms with E-state index in [1.54, 1.807) is 21.6 Å². The zero-order valence-electron chi connectivity index (χ0n) is 22.8. The van der Waals surface area contributed by atoms with Gasteiger partial charge < -0.3 is 19.8 Å². The normalized spacial score (nSPS) is 18.1. The van der Waals surface area contributed by atoms with Gasteiger partial charge in [0.2, 0.25) is 5.91 Å². The number of amides is 1. The molecule has 2 aromatic heterocycles. The highest BCUT2D eigenvalue weighted by molar-refractivity contribution is 8.01. The van der Waals surface area contributed by atoms with E-state index < -0.39 is 62.3 Å². The van der Waals surface area contributed by atoms with Crippen LogP contribution in [0.1, 0.15) is 5.56 Å². The van der Waals surface area contributed by atoms with Crippen LogP contribution >= 0.6 is 23.5 Å². The van der Waals surface area contributed by atoms with Crippen molar-refractivity contribution in [3.63, 3.8) is 0 Å². The van der Waals surface area contributed by atoms with Crippen molar-refractivity contribution in [1.29, 1.82) is 0 Å². The average Bonchev–Trinajstić information content (AvgIpc) is 3.25. The maximum Gasteiger partial charge on any atom is 0.417 e. The highest BCUT2D eigenvalue weighted by Gasteiger charge is 2.44. The van der Waals surface area contributed by atoms with E-state index in [0.29, 0.717) is 23.3 Å². The second-order valence-corrected chi connectivity index (χ2v) is 13.1. The Morgan fingerprint density at radius 3 is 2.34 bits per heavy atom. The summed E-state index contributed by atoms with van der Waals surface area (Å²) in [5.74, 6) is -1.01. The Hall–Kier alpha value is -3.79. The number of rotatable bonds is 3. The lowest BCUT2D eigenvalue weighted by Crippen LogP contribution is -2.49. The lowest BCUT2D eigenvalue weighted by atomic mass is 9.93. The molecule has 0 unspecified atom stereocenters. The van der Waals surface area contributed by atoms with Gasteiger partial charge in [-0.05, 0) is 12.1 Å². The molecule has 2 N–H and O–H groups in total. The molecule has 7 rings (SSSR count). The minimum Gasteiger partial charge on any atom is -0.352 e. The van der Waals surface area contributed by atoms with Crippen LogP contribution in [0, 0.1) is 17.0 Å². The Morgan fingerprint density at radius 2 is 1.70 bits per heavy atom. The van der Waals surface area contributed by atoms with Gasteiger partial charge >= 0.3 is 17.6 Å². The molecular formula is C28H23F5N6O3S2. The Kier molecular flexibility index (Phi) is 6.66. The lowest BCUT2D eigenvalue weighted by molar-refractivity contribution is -0.137. The van der Waals surface area contributed by atoms with E-state index in [1.165, 1.54) is 10.6 Å². The number of carbonyl (C=O) groups is 1. The first kappa shape index (κ1) is 29.0. The van der Waals surface area contributed by atoms with Gasteiger partial charge in [-0.2, -0.15) is 29.9 Å². The van der Waals surface area contributed by atoms with Crippen LogP contribution in [0.2, 0.25) is 0 Å². The number of fused-ring (bicyclic) bond motifs is 1. The van der Waals surface area contributed by atoms with Crippen molar-refractivity contribution >= 4 is 57.2 Å². The molecule has 230 valence electrons. The van der Waals surface area contributed by atoms with Crippen molar-refractivity contribution in [3.05, 3.63) is 63.0 Å². The largest absolute Gasteiger partial charge is 0.417 e. The summed E-state index contributed by atoms with van der Waals surface area (Å²) in [5.41, 5.74) is -5.14. The number of aromatic nitrogens is 4. The molecule has 0 aliphatic carbocycles. The molecular weight excluding hydrogens is 627 g/mol. The number of nitrogens with one attached hydrogen (secondary N) is 2. The predicted octanol–water partition coefficient (Wildman–Crippen LogP) is 4.20. The zero-order chi connectivity index (χ0) is 31.1. The smallest absolute Gasteiger partial charge is 0.352 e. The second kappa shape index (κ2) is 10.1. The van der Waals surface area contributed by atoms with Gasteiger partial charge in [-0.1, -0.05) is 6.58 Å². The average molecular weight is 651 g/mol. The van der Waals surface area contributed by atoms with Crippen molar-refractivity contribution < 1.29 is 26.7 Å². The number of hydrogen-bond acceptors (Lipinski definition) is 7. The number of halogens is 5. The molecule has 4 aromatic rings. The van der Waals surface area contributed by atoms with E-state index in [4.69, 9.17) is 0 Å². The van der Waals surface area contributed by atoms with Crippen LogP contribution < -0.4 is 16.3 Å². The first-order valence-corrected chi connectivity index (χ1v) is 15.7. The number of aromatic amines is 2. The predicted molar refractivity (Wildman–Crippen MR) is 158 cm³/mol. The molecule has 0 saturated carbocycles. The van der Waals surface area contributed by atoms with Crippen LogP contribution in [0.15, 0.2) is 39.3 Å². The van der Waals surface area contributed by atoms with Gasteiger partial charge in [0.05, 0.1) is 16.6 Å². The van der Waals surface area contributed by atoms with E-state index >= 15 is 17.6 Å². The van der Waals surface area contributed by atoms with Crippen LogP contribution in [0.3, 0.4) is 0 Å². The van der Waals surface area contributed by atoms with E-state index in [9.17, 15) is 18.8 Å². The van der Waals surface area contributed by atoms with E-state index in [0.717, 1.165) is 17.8 Å². The molecule has 2 saturated heterocycles. The van der Waals surface area contributed by atoms with Crippen molar-refractivity contribution in [2.24, 2.45) is 5.41 Å². The Morgan fingerprint density at radius 1 is 1.00 bits per heavy atom. The van der Waals surface area contributed by atoms with Crippen LogP contribution in [0.4, 0.5) is 27.8 Å². The van der Waals surface area contributed by atoms with Gasteiger partial charge in [0.1, 0.15) is 17.2 Å². The number of piperazine rings is 1. The molecule has 2 fully saturated rings. The Bertz CT molecular complexity index is 2010. The topological polar surface area (TPSA) is 107 Å². The van der Waals surface area contributed by atoms with Gasteiger partial charge in [0.15, 0.2) is 5.82 Å². The summed E-state index contributed by atoms with van der Waals surface area (Å²) >= 11 is 2.74. The molecule has 1 amide bonds. The summed E-state index contributed by atoms with van der Waals surface area (Å²) in [7, 11) is 0. The molecule has 1 spiro atoms. The van der Waals surface area contributed by atoms with Crippen LogP contribution in [0.5, 0.6) is 0 Å². The molecule has 0 bridgehead atoms. The number of thioether (sulfide) groups is 2. The van der Waals surface area contributed by atoms with Crippen molar-refractivity contribution in [2.45, 2.75) is 17.6 Å². The molecule has 0 atom stereocenters. The number of imidazole rings is 1. The number of anilines is 1. The third kappa shape index (κ3) is 4.44. The summed E-state index contributed by atoms with van der Waals surface area (Å²) in [6.07, 6.45) is -3.84. The number of alkyl halides is 3. The van der Waals surface area contributed by atoms with Crippen molar-refractivity contribution in [3.8, 4) is 11.1 Å². The summed E-state index contributed by atoms with van der Waals surface area (Å²) in [5, 5.41) is 0.0528. The maximum atomic E-state index is 15.7. The molecule has 5 heterocycles. The quantitative estimate of drug-likeness (QED) is 0.253. The van der Waals surface area contributed by atoms with Crippen molar-refractivity contribution in [2.75, 3.05) is 48.3 Å². The minimum atomic E-state index is -5.02. The van der Waals surface area contributed by atoms with Crippen LogP contribution in [0.25, 0.3) is 33.1 Å².